The number of amides is 1. The largest absolute Gasteiger partial charge is 0.352 e. The molecule has 0 spiro atoms. The Bertz CT molecular complexity index is 389. The van der Waals surface area contributed by atoms with Gasteiger partial charge in [-0.1, -0.05) is 6.92 Å². The molecule has 0 aromatic carbocycles. The molecule has 1 atom stereocenters. The van der Waals surface area contributed by atoms with Crippen LogP contribution in [0, 0.1) is 0 Å². The number of hydrogen-bond acceptors (Lipinski definition) is 5. The second-order valence-electron chi connectivity index (χ2n) is 5.24. The lowest BCUT2D eigenvalue weighted by Crippen LogP contribution is -2.49. The molecular weight excluding hydrogens is 266 g/mol. The second kappa shape index (κ2) is 7.21. The summed E-state index contributed by atoms with van der Waals surface area (Å²) < 4.78 is 22.0. The van der Waals surface area contributed by atoms with E-state index >= 15 is 0 Å². The van der Waals surface area contributed by atoms with Gasteiger partial charge in [0.1, 0.15) is 9.84 Å². The van der Waals surface area contributed by atoms with E-state index in [0.717, 1.165) is 38.7 Å². The molecule has 1 fully saturated rings. The SMILES string of the molecule is CCN1CCC(NC(=O)C(N)CCS(C)(=O)=O)CC1. The molecule has 0 aliphatic carbocycles. The molecule has 0 bridgehead atoms. The van der Waals surface area contributed by atoms with Gasteiger partial charge in [-0.3, -0.25) is 4.79 Å². The van der Waals surface area contributed by atoms with Crippen molar-refractivity contribution in [2.45, 2.75) is 38.3 Å². The van der Waals surface area contributed by atoms with Crippen LogP contribution in [-0.2, 0) is 14.6 Å². The molecule has 0 saturated carbocycles. The Morgan fingerprint density at radius 3 is 2.47 bits per heavy atom. The normalized spacial score (nSPS) is 20.2. The maximum absolute atomic E-state index is 11.8. The molecule has 0 aromatic rings. The topological polar surface area (TPSA) is 92.5 Å². The van der Waals surface area contributed by atoms with Crippen molar-refractivity contribution in [1.82, 2.24) is 10.2 Å². The molecule has 1 unspecified atom stereocenters. The van der Waals surface area contributed by atoms with Crippen molar-refractivity contribution in [3.05, 3.63) is 0 Å². The van der Waals surface area contributed by atoms with E-state index in [2.05, 4.69) is 17.1 Å². The zero-order valence-corrected chi connectivity index (χ0v) is 12.6. The average molecular weight is 291 g/mol. The standard InChI is InChI=1S/C12H25N3O3S/c1-3-15-7-4-10(5-8-15)14-12(16)11(13)6-9-19(2,17)18/h10-11H,3-9,13H2,1-2H3,(H,14,16). The lowest BCUT2D eigenvalue weighted by atomic mass is 10.0. The summed E-state index contributed by atoms with van der Waals surface area (Å²) in [5.41, 5.74) is 5.71. The van der Waals surface area contributed by atoms with Gasteiger partial charge in [0, 0.05) is 25.4 Å². The van der Waals surface area contributed by atoms with Gasteiger partial charge in [0.2, 0.25) is 5.91 Å². The third-order valence-corrected chi connectivity index (χ3v) is 4.49. The number of carbonyl (C=O) groups is 1. The van der Waals surface area contributed by atoms with Crippen LogP contribution in [-0.4, -0.2) is 63.0 Å². The van der Waals surface area contributed by atoms with E-state index in [4.69, 9.17) is 5.73 Å². The maximum atomic E-state index is 11.8. The molecule has 1 aliphatic heterocycles. The summed E-state index contributed by atoms with van der Waals surface area (Å²) in [4.78, 5) is 14.2. The van der Waals surface area contributed by atoms with E-state index in [9.17, 15) is 13.2 Å². The third kappa shape index (κ3) is 6.35. The van der Waals surface area contributed by atoms with E-state index in [0.29, 0.717) is 0 Å². The zero-order valence-electron chi connectivity index (χ0n) is 11.8. The Balaban J connectivity index is 2.30. The van der Waals surface area contributed by atoms with E-state index in [1.54, 1.807) is 0 Å². The van der Waals surface area contributed by atoms with Gasteiger partial charge in [-0.15, -0.1) is 0 Å². The summed E-state index contributed by atoms with van der Waals surface area (Å²) in [7, 11) is -3.06. The Morgan fingerprint density at radius 1 is 1.42 bits per heavy atom. The molecule has 19 heavy (non-hydrogen) atoms. The van der Waals surface area contributed by atoms with Crippen LogP contribution in [0.15, 0.2) is 0 Å². The molecule has 1 saturated heterocycles. The highest BCUT2D eigenvalue weighted by molar-refractivity contribution is 7.90. The van der Waals surface area contributed by atoms with Gasteiger partial charge >= 0.3 is 0 Å². The summed E-state index contributed by atoms with van der Waals surface area (Å²) in [6.07, 6.45) is 3.19. The third-order valence-electron chi connectivity index (χ3n) is 3.52. The van der Waals surface area contributed by atoms with Crippen LogP contribution in [0.5, 0.6) is 0 Å². The predicted molar refractivity (Wildman–Crippen MR) is 75.6 cm³/mol. The molecule has 3 N–H and O–H groups in total. The molecular formula is C12H25N3O3S. The van der Waals surface area contributed by atoms with Crippen molar-refractivity contribution in [3.8, 4) is 0 Å². The summed E-state index contributed by atoms with van der Waals surface area (Å²) in [5, 5.41) is 2.91. The highest BCUT2D eigenvalue weighted by Gasteiger charge is 2.22. The summed E-state index contributed by atoms with van der Waals surface area (Å²) >= 11 is 0. The minimum Gasteiger partial charge on any atom is -0.352 e. The van der Waals surface area contributed by atoms with Crippen LogP contribution in [0.1, 0.15) is 26.2 Å². The van der Waals surface area contributed by atoms with Crippen molar-refractivity contribution >= 4 is 15.7 Å². The number of likely N-dealkylation sites (tertiary alicyclic amines) is 1. The molecule has 0 aromatic heterocycles. The zero-order chi connectivity index (χ0) is 14.5. The fourth-order valence-corrected chi connectivity index (χ4v) is 2.86. The first-order valence-electron chi connectivity index (χ1n) is 6.78. The molecule has 112 valence electrons. The molecule has 0 radical (unpaired) electrons. The smallest absolute Gasteiger partial charge is 0.237 e. The molecule has 7 heteroatoms. The first-order valence-corrected chi connectivity index (χ1v) is 8.84. The number of nitrogens with zero attached hydrogens (tertiary/aromatic N) is 1. The molecule has 1 rings (SSSR count). The number of hydrogen-bond donors (Lipinski definition) is 2. The molecule has 6 nitrogen and oxygen atoms in total. The van der Waals surface area contributed by atoms with Crippen LogP contribution in [0.3, 0.4) is 0 Å². The van der Waals surface area contributed by atoms with E-state index in [-0.39, 0.29) is 24.1 Å². The van der Waals surface area contributed by atoms with E-state index < -0.39 is 15.9 Å². The minimum absolute atomic E-state index is 0.0458. The van der Waals surface area contributed by atoms with Crippen LogP contribution >= 0.6 is 0 Å². The summed E-state index contributed by atoms with van der Waals surface area (Å²) in [6.45, 7) is 5.13. The minimum atomic E-state index is -3.06. The molecule has 1 aliphatic rings. The lowest BCUT2D eigenvalue weighted by molar-refractivity contribution is -0.123. The fourth-order valence-electron chi connectivity index (χ4n) is 2.17. The van der Waals surface area contributed by atoms with Crippen LogP contribution < -0.4 is 11.1 Å². The van der Waals surface area contributed by atoms with Gasteiger partial charge < -0.3 is 16.0 Å². The number of piperidine rings is 1. The quantitative estimate of drug-likeness (QED) is 0.678. The van der Waals surface area contributed by atoms with Crippen LogP contribution in [0.2, 0.25) is 0 Å². The monoisotopic (exact) mass is 291 g/mol. The van der Waals surface area contributed by atoms with Crippen molar-refractivity contribution in [3.63, 3.8) is 0 Å². The number of sulfone groups is 1. The van der Waals surface area contributed by atoms with Crippen molar-refractivity contribution in [1.29, 1.82) is 0 Å². The first kappa shape index (κ1) is 16.4. The van der Waals surface area contributed by atoms with Gasteiger partial charge in [0.05, 0.1) is 11.8 Å². The maximum Gasteiger partial charge on any atom is 0.237 e. The van der Waals surface area contributed by atoms with E-state index in [1.165, 1.54) is 0 Å². The van der Waals surface area contributed by atoms with Gasteiger partial charge in [-0.05, 0) is 25.8 Å². The van der Waals surface area contributed by atoms with Crippen LogP contribution in [0.4, 0.5) is 0 Å². The molecule has 1 amide bonds. The molecule has 1 heterocycles. The first-order chi connectivity index (χ1) is 8.81. The van der Waals surface area contributed by atoms with Crippen molar-refractivity contribution in [2.75, 3.05) is 31.6 Å². The Morgan fingerprint density at radius 2 is 2.00 bits per heavy atom. The number of nitrogens with one attached hydrogen (secondary N) is 1. The second-order valence-corrected chi connectivity index (χ2v) is 7.50. The van der Waals surface area contributed by atoms with Gasteiger partial charge in [-0.2, -0.15) is 0 Å². The Labute approximate surface area is 115 Å². The van der Waals surface area contributed by atoms with Crippen molar-refractivity contribution < 1.29 is 13.2 Å². The highest BCUT2D eigenvalue weighted by Crippen LogP contribution is 2.10. The Hall–Kier alpha value is -0.660. The van der Waals surface area contributed by atoms with Gasteiger partial charge in [0.15, 0.2) is 0 Å². The van der Waals surface area contributed by atoms with Crippen molar-refractivity contribution in [2.24, 2.45) is 5.73 Å². The Kier molecular flexibility index (Phi) is 6.22. The lowest BCUT2D eigenvalue weighted by Gasteiger charge is -2.32. The predicted octanol–water partition coefficient (Wildman–Crippen LogP) is -0.651. The summed E-state index contributed by atoms with van der Waals surface area (Å²) in [6, 6.07) is -0.571. The fraction of sp³-hybridized carbons (Fsp3) is 0.917. The number of rotatable bonds is 6. The average Bonchev–Trinajstić information content (AvgIpc) is 2.36. The van der Waals surface area contributed by atoms with Gasteiger partial charge in [-0.25, -0.2) is 8.42 Å². The number of nitrogens with two attached hydrogens (primary N) is 1. The van der Waals surface area contributed by atoms with Crippen LogP contribution in [0.25, 0.3) is 0 Å². The van der Waals surface area contributed by atoms with Gasteiger partial charge in [0.25, 0.3) is 0 Å². The van der Waals surface area contributed by atoms with E-state index in [1.807, 2.05) is 0 Å². The highest BCUT2D eigenvalue weighted by atomic mass is 32.2. The number of carbonyl (C=O) groups excluding carboxylic acids is 1. The summed E-state index contributed by atoms with van der Waals surface area (Å²) in [5.74, 6) is -0.283.